The highest BCUT2D eigenvalue weighted by atomic mass is 16.4. The second-order valence-corrected chi connectivity index (χ2v) is 4.21. The van der Waals surface area contributed by atoms with E-state index >= 15 is 0 Å². The quantitative estimate of drug-likeness (QED) is 0.768. The molecule has 0 saturated carbocycles. The van der Waals surface area contributed by atoms with E-state index in [9.17, 15) is 9.59 Å². The van der Waals surface area contributed by atoms with Gasteiger partial charge < -0.3 is 15.3 Å². The van der Waals surface area contributed by atoms with Gasteiger partial charge in [0.1, 0.15) is 6.54 Å². The maximum atomic E-state index is 11.8. The van der Waals surface area contributed by atoms with Crippen LogP contribution >= 0.6 is 0 Å². The molecule has 1 aromatic carbocycles. The zero-order chi connectivity index (χ0) is 14.3. The topological polar surface area (TPSA) is 69.6 Å². The molecule has 0 aromatic heterocycles. The number of carbonyl (C=O) groups excluding carboxylic acids is 1. The van der Waals surface area contributed by atoms with Gasteiger partial charge in [-0.25, -0.2) is 4.79 Å². The first-order valence-electron chi connectivity index (χ1n) is 5.94. The summed E-state index contributed by atoms with van der Waals surface area (Å²) < 4.78 is 0. The number of amides is 2. The molecule has 0 aliphatic rings. The van der Waals surface area contributed by atoms with Crippen LogP contribution < -0.4 is 5.32 Å². The molecule has 1 rings (SSSR count). The normalized spacial score (nSPS) is 9.74. The SMILES string of the molecule is C=CCN(CC(=O)O)C(=O)NCc1ccc(C)cc1. The van der Waals surface area contributed by atoms with Crippen molar-refractivity contribution in [3.05, 3.63) is 48.0 Å². The maximum absolute atomic E-state index is 11.8. The van der Waals surface area contributed by atoms with E-state index in [4.69, 9.17) is 5.11 Å². The number of aryl methyl sites for hydroxylation is 1. The fourth-order valence-electron chi connectivity index (χ4n) is 1.53. The molecular formula is C14H18N2O3. The van der Waals surface area contributed by atoms with Gasteiger partial charge in [-0.15, -0.1) is 6.58 Å². The molecule has 0 aliphatic heterocycles. The maximum Gasteiger partial charge on any atom is 0.323 e. The van der Waals surface area contributed by atoms with Crippen molar-refractivity contribution in [1.29, 1.82) is 0 Å². The third-order valence-corrected chi connectivity index (χ3v) is 2.53. The minimum atomic E-state index is -1.05. The van der Waals surface area contributed by atoms with Crippen molar-refractivity contribution < 1.29 is 14.7 Å². The average molecular weight is 262 g/mol. The third-order valence-electron chi connectivity index (χ3n) is 2.53. The molecule has 0 bridgehead atoms. The largest absolute Gasteiger partial charge is 0.480 e. The number of rotatable bonds is 6. The smallest absolute Gasteiger partial charge is 0.323 e. The van der Waals surface area contributed by atoms with E-state index in [2.05, 4.69) is 11.9 Å². The molecule has 1 aromatic rings. The van der Waals surface area contributed by atoms with Crippen LogP contribution in [0.3, 0.4) is 0 Å². The predicted octanol–water partition coefficient (Wildman–Crippen LogP) is 1.78. The summed E-state index contributed by atoms with van der Waals surface area (Å²) in [7, 11) is 0. The number of aliphatic carboxylic acids is 1. The Hall–Kier alpha value is -2.30. The van der Waals surface area contributed by atoms with Gasteiger partial charge in [0, 0.05) is 13.1 Å². The van der Waals surface area contributed by atoms with E-state index in [-0.39, 0.29) is 13.1 Å². The molecule has 0 fully saturated rings. The first-order valence-corrected chi connectivity index (χ1v) is 5.94. The number of benzene rings is 1. The van der Waals surface area contributed by atoms with Gasteiger partial charge in [-0.2, -0.15) is 0 Å². The molecule has 0 spiro atoms. The highest BCUT2D eigenvalue weighted by Crippen LogP contribution is 2.03. The zero-order valence-corrected chi connectivity index (χ0v) is 10.9. The Labute approximate surface area is 112 Å². The van der Waals surface area contributed by atoms with Crippen molar-refractivity contribution in [3.8, 4) is 0 Å². The summed E-state index contributed by atoms with van der Waals surface area (Å²) in [6.07, 6.45) is 1.49. The molecule has 0 heterocycles. The van der Waals surface area contributed by atoms with Gasteiger partial charge in [-0.05, 0) is 12.5 Å². The van der Waals surface area contributed by atoms with Crippen LogP contribution in [0.2, 0.25) is 0 Å². The van der Waals surface area contributed by atoms with Crippen LogP contribution in [0.15, 0.2) is 36.9 Å². The fourth-order valence-corrected chi connectivity index (χ4v) is 1.53. The van der Waals surface area contributed by atoms with Crippen molar-refractivity contribution in [1.82, 2.24) is 10.2 Å². The third kappa shape index (κ3) is 5.25. The van der Waals surface area contributed by atoms with Crippen LogP contribution in [0.25, 0.3) is 0 Å². The van der Waals surface area contributed by atoms with Gasteiger partial charge in [0.2, 0.25) is 0 Å². The van der Waals surface area contributed by atoms with E-state index in [0.717, 1.165) is 11.1 Å². The first kappa shape index (κ1) is 14.8. The van der Waals surface area contributed by atoms with E-state index in [1.165, 1.54) is 11.0 Å². The van der Waals surface area contributed by atoms with Gasteiger partial charge in [0.15, 0.2) is 0 Å². The van der Waals surface area contributed by atoms with Crippen LogP contribution in [0, 0.1) is 6.92 Å². The van der Waals surface area contributed by atoms with Crippen LogP contribution in [0.5, 0.6) is 0 Å². The summed E-state index contributed by atoms with van der Waals surface area (Å²) in [5.41, 5.74) is 2.11. The number of carbonyl (C=O) groups is 2. The molecule has 0 atom stereocenters. The summed E-state index contributed by atoms with van der Waals surface area (Å²) in [5, 5.41) is 11.4. The Bertz CT molecular complexity index is 454. The average Bonchev–Trinajstić information content (AvgIpc) is 2.37. The highest BCUT2D eigenvalue weighted by molar-refractivity contribution is 5.80. The standard InChI is InChI=1S/C14H18N2O3/c1-3-8-16(10-13(17)18)14(19)15-9-12-6-4-11(2)5-7-12/h3-7H,1,8-10H2,2H3,(H,15,19)(H,17,18). The molecule has 5 heteroatoms. The van der Waals surface area contributed by atoms with Crippen molar-refractivity contribution in [2.75, 3.05) is 13.1 Å². The van der Waals surface area contributed by atoms with Crippen molar-refractivity contribution in [3.63, 3.8) is 0 Å². The summed E-state index contributed by atoms with van der Waals surface area (Å²) in [4.78, 5) is 23.6. The molecule has 0 aliphatic carbocycles. The Kier molecular flexibility index (Phi) is 5.60. The van der Waals surface area contributed by atoms with Crippen molar-refractivity contribution >= 4 is 12.0 Å². The number of carboxylic acid groups (broad SMARTS) is 1. The van der Waals surface area contributed by atoms with Crippen LogP contribution in [0.4, 0.5) is 4.79 Å². The second-order valence-electron chi connectivity index (χ2n) is 4.21. The number of urea groups is 1. The molecule has 2 amide bonds. The lowest BCUT2D eigenvalue weighted by atomic mass is 10.1. The van der Waals surface area contributed by atoms with Crippen LogP contribution in [-0.4, -0.2) is 35.1 Å². The summed E-state index contributed by atoms with van der Waals surface area (Å²) >= 11 is 0. The Morgan fingerprint density at radius 2 is 2.00 bits per heavy atom. The van der Waals surface area contributed by atoms with Crippen LogP contribution in [-0.2, 0) is 11.3 Å². The molecule has 5 nitrogen and oxygen atoms in total. The van der Waals surface area contributed by atoms with E-state index < -0.39 is 12.0 Å². The second kappa shape index (κ2) is 7.20. The number of carboxylic acids is 1. The van der Waals surface area contributed by atoms with E-state index in [1.807, 2.05) is 31.2 Å². The Balaban J connectivity index is 2.54. The van der Waals surface area contributed by atoms with Gasteiger partial charge in [0.05, 0.1) is 0 Å². The molecule has 102 valence electrons. The molecule has 0 saturated heterocycles. The molecule has 0 radical (unpaired) electrons. The van der Waals surface area contributed by atoms with Crippen LogP contribution in [0.1, 0.15) is 11.1 Å². The number of hydrogen-bond donors (Lipinski definition) is 2. The monoisotopic (exact) mass is 262 g/mol. The van der Waals surface area contributed by atoms with Crippen molar-refractivity contribution in [2.24, 2.45) is 0 Å². The summed E-state index contributed by atoms with van der Waals surface area (Å²) in [5.74, 6) is -1.05. The van der Waals surface area contributed by atoms with Gasteiger partial charge in [-0.3, -0.25) is 4.79 Å². The molecule has 0 unspecified atom stereocenters. The minimum absolute atomic E-state index is 0.200. The van der Waals surface area contributed by atoms with E-state index in [0.29, 0.717) is 6.54 Å². The summed E-state index contributed by atoms with van der Waals surface area (Å²) in [6, 6.07) is 7.35. The van der Waals surface area contributed by atoms with Gasteiger partial charge in [-0.1, -0.05) is 35.9 Å². The lowest BCUT2D eigenvalue weighted by molar-refractivity contribution is -0.137. The fraction of sp³-hybridized carbons (Fsp3) is 0.286. The Morgan fingerprint density at radius 3 is 2.53 bits per heavy atom. The zero-order valence-electron chi connectivity index (χ0n) is 10.9. The minimum Gasteiger partial charge on any atom is -0.480 e. The molecular weight excluding hydrogens is 244 g/mol. The Morgan fingerprint density at radius 1 is 1.37 bits per heavy atom. The number of nitrogens with one attached hydrogen (secondary N) is 1. The number of hydrogen-bond acceptors (Lipinski definition) is 2. The predicted molar refractivity (Wildman–Crippen MR) is 72.8 cm³/mol. The first-order chi connectivity index (χ1) is 9.02. The van der Waals surface area contributed by atoms with Crippen molar-refractivity contribution in [2.45, 2.75) is 13.5 Å². The molecule has 19 heavy (non-hydrogen) atoms. The molecule has 2 N–H and O–H groups in total. The number of nitrogens with zero attached hydrogens (tertiary/aromatic N) is 1. The highest BCUT2D eigenvalue weighted by Gasteiger charge is 2.14. The van der Waals surface area contributed by atoms with Gasteiger partial charge in [0.25, 0.3) is 0 Å². The lowest BCUT2D eigenvalue weighted by Crippen LogP contribution is -2.42. The lowest BCUT2D eigenvalue weighted by Gasteiger charge is -2.19. The van der Waals surface area contributed by atoms with E-state index in [1.54, 1.807) is 0 Å². The van der Waals surface area contributed by atoms with Gasteiger partial charge >= 0.3 is 12.0 Å². The summed E-state index contributed by atoms with van der Waals surface area (Å²) in [6.45, 7) is 5.72.